The number of anilines is 2. The highest BCUT2D eigenvalue weighted by Crippen LogP contribution is 2.31. The van der Waals surface area contributed by atoms with E-state index in [1.54, 1.807) is 19.0 Å². The molecule has 1 fully saturated rings. The maximum Gasteiger partial charge on any atom is 0.244 e. The van der Waals surface area contributed by atoms with Crippen molar-refractivity contribution >= 4 is 28.9 Å². The number of carbonyl (C=O) groups excluding carboxylic acids is 1. The van der Waals surface area contributed by atoms with Crippen LogP contribution in [0.5, 0.6) is 0 Å². The minimum atomic E-state index is -0.276. The number of rotatable bonds is 4. The average Bonchev–Trinajstić information content (AvgIpc) is 2.47. The van der Waals surface area contributed by atoms with Gasteiger partial charge in [0.1, 0.15) is 6.04 Å². The zero-order chi connectivity index (χ0) is 15.4. The summed E-state index contributed by atoms with van der Waals surface area (Å²) < 4.78 is 0. The Bertz CT molecular complexity index is 498. The molecule has 0 bridgehead atoms. The highest BCUT2D eigenvalue weighted by molar-refractivity contribution is 6.31. The molecule has 0 unspecified atom stereocenters. The summed E-state index contributed by atoms with van der Waals surface area (Å²) >= 11 is 6.13. The van der Waals surface area contributed by atoms with Crippen LogP contribution in [0.1, 0.15) is 26.2 Å². The maximum atomic E-state index is 12.0. The zero-order valence-corrected chi connectivity index (χ0v) is 13.8. The van der Waals surface area contributed by atoms with E-state index in [1.165, 1.54) is 19.3 Å². The van der Waals surface area contributed by atoms with Crippen LogP contribution in [0.4, 0.5) is 11.4 Å². The molecule has 0 saturated carbocycles. The molecular weight excluding hydrogens is 286 g/mol. The van der Waals surface area contributed by atoms with Gasteiger partial charge < -0.3 is 15.1 Å². The van der Waals surface area contributed by atoms with Crippen molar-refractivity contribution in [3.05, 3.63) is 23.2 Å². The van der Waals surface area contributed by atoms with Crippen molar-refractivity contribution in [3.63, 3.8) is 0 Å². The molecule has 0 radical (unpaired) electrons. The lowest BCUT2D eigenvalue weighted by atomic mass is 10.1. The highest BCUT2D eigenvalue weighted by Gasteiger charge is 2.19. The first-order valence-electron chi connectivity index (χ1n) is 7.51. The zero-order valence-electron chi connectivity index (χ0n) is 13.0. The van der Waals surface area contributed by atoms with Gasteiger partial charge in [-0.1, -0.05) is 11.6 Å². The Morgan fingerprint density at radius 3 is 2.57 bits per heavy atom. The van der Waals surface area contributed by atoms with E-state index in [4.69, 9.17) is 11.6 Å². The van der Waals surface area contributed by atoms with Gasteiger partial charge in [0.2, 0.25) is 5.91 Å². The second-order valence-electron chi connectivity index (χ2n) is 5.81. The summed E-state index contributed by atoms with van der Waals surface area (Å²) in [6, 6.07) is 5.59. The normalized spacial score (nSPS) is 16.5. The molecule has 1 atom stereocenters. The van der Waals surface area contributed by atoms with Crippen molar-refractivity contribution in [2.24, 2.45) is 0 Å². The minimum absolute atomic E-state index is 0.0552. The Kier molecular flexibility index (Phi) is 5.34. The molecule has 21 heavy (non-hydrogen) atoms. The van der Waals surface area contributed by atoms with Gasteiger partial charge in [-0.05, 0) is 44.4 Å². The highest BCUT2D eigenvalue weighted by atomic mass is 35.5. The van der Waals surface area contributed by atoms with Crippen LogP contribution in [-0.4, -0.2) is 44.0 Å². The van der Waals surface area contributed by atoms with Crippen molar-refractivity contribution in [1.29, 1.82) is 0 Å². The van der Waals surface area contributed by atoms with Crippen LogP contribution in [0, 0.1) is 0 Å². The Balaban J connectivity index is 2.20. The molecule has 1 aromatic carbocycles. The minimum Gasteiger partial charge on any atom is -0.372 e. The Hall–Kier alpha value is -1.42. The van der Waals surface area contributed by atoms with Crippen molar-refractivity contribution < 1.29 is 4.79 Å². The molecular formula is C16H24ClN3O. The standard InChI is InChI=1S/C16H24ClN3O/c1-12(16(21)19(2)3)18-14-11-13(17)7-8-15(14)20-9-5-4-6-10-20/h7-8,11-12,18H,4-6,9-10H2,1-3H3/t12-/m1/s1. The van der Waals surface area contributed by atoms with E-state index in [0.717, 1.165) is 24.5 Å². The number of benzene rings is 1. The quantitative estimate of drug-likeness (QED) is 0.927. The Morgan fingerprint density at radius 2 is 1.95 bits per heavy atom. The fourth-order valence-electron chi connectivity index (χ4n) is 2.72. The number of halogens is 1. The van der Waals surface area contributed by atoms with Crippen LogP contribution in [0.25, 0.3) is 0 Å². The van der Waals surface area contributed by atoms with Gasteiger partial charge in [-0.15, -0.1) is 0 Å². The first-order valence-corrected chi connectivity index (χ1v) is 7.89. The molecule has 5 heteroatoms. The monoisotopic (exact) mass is 309 g/mol. The van der Waals surface area contributed by atoms with E-state index in [0.29, 0.717) is 5.02 Å². The number of amides is 1. The number of hydrogen-bond acceptors (Lipinski definition) is 3. The third-order valence-electron chi connectivity index (χ3n) is 3.84. The number of hydrogen-bond donors (Lipinski definition) is 1. The topological polar surface area (TPSA) is 35.6 Å². The van der Waals surface area contributed by atoms with E-state index in [2.05, 4.69) is 10.2 Å². The van der Waals surface area contributed by atoms with E-state index in [1.807, 2.05) is 25.1 Å². The van der Waals surface area contributed by atoms with Gasteiger partial charge in [-0.25, -0.2) is 0 Å². The summed E-state index contributed by atoms with van der Waals surface area (Å²) in [4.78, 5) is 16.0. The van der Waals surface area contributed by atoms with Gasteiger partial charge in [-0.2, -0.15) is 0 Å². The molecule has 1 heterocycles. The molecule has 0 aliphatic carbocycles. The molecule has 1 aliphatic heterocycles. The maximum absolute atomic E-state index is 12.0. The van der Waals surface area contributed by atoms with Crippen molar-refractivity contribution in [1.82, 2.24) is 4.90 Å². The van der Waals surface area contributed by atoms with Crippen LogP contribution in [0.2, 0.25) is 5.02 Å². The summed E-state index contributed by atoms with van der Waals surface area (Å²) in [5.41, 5.74) is 2.07. The third-order valence-corrected chi connectivity index (χ3v) is 4.07. The van der Waals surface area contributed by atoms with Crippen LogP contribution < -0.4 is 10.2 Å². The molecule has 1 saturated heterocycles. The van der Waals surface area contributed by atoms with Gasteiger partial charge in [0.25, 0.3) is 0 Å². The first-order chi connectivity index (χ1) is 9.99. The van der Waals surface area contributed by atoms with Gasteiger partial charge >= 0.3 is 0 Å². The van der Waals surface area contributed by atoms with E-state index < -0.39 is 0 Å². The van der Waals surface area contributed by atoms with Gasteiger partial charge in [0.05, 0.1) is 11.4 Å². The van der Waals surface area contributed by atoms with Crippen LogP contribution in [0.3, 0.4) is 0 Å². The first kappa shape index (κ1) is 16.0. The lowest BCUT2D eigenvalue weighted by molar-refractivity contribution is -0.129. The summed E-state index contributed by atoms with van der Waals surface area (Å²) in [6.07, 6.45) is 3.73. The SMILES string of the molecule is C[C@@H](Nc1cc(Cl)ccc1N1CCCCC1)C(=O)N(C)C. The molecule has 1 aliphatic rings. The van der Waals surface area contributed by atoms with E-state index >= 15 is 0 Å². The molecule has 0 aromatic heterocycles. The average molecular weight is 310 g/mol. The summed E-state index contributed by atoms with van der Waals surface area (Å²) in [7, 11) is 3.54. The van der Waals surface area contributed by atoms with Gasteiger partial charge in [-0.3, -0.25) is 4.79 Å². The van der Waals surface area contributed by atoms with Crippen LogP contribution in [0.15, 0.2) is 18.2 Å². The molecule has 116 valence electrons. The van der Waals surface area contributed by atoms with Crippen molar-refractivity contribution in [3.8, 4) is 0 Å². The fourth-order valence-corrected chi connectivity index (χ4v) is 2.89. The van der Waals surface area contributed by atoms with Gasteiger partial charge in [0, 0.05) is 32.2 Å². The molecule has 2 rings (SSSR count). The summed E-state index contributed by atoms with van der Waals surface area (Å²) in [5.74, 6) is 0.0552. The van der Waals surface area contributed by atoms with E-state index in [-0.39, 0.29) is 11.9 Å². The second kappa shape index (κ2) is 7.03. The molecule has 1 amide bonds. The van der Waals surface area contributed by atoms with Crippen LogP contribution in [-0.2, 0) is 4.79 Å². The third kappa shape index (κ3) is 4.03. The number of nitrogens with zero attached hydrogens (tertiary/aromatic N) is 2. The second-order valence-corrected chi connectivity index (χ2v) is 6.24. The smallest absolute Gasteiger partial charge is 0.244 e. The van der Waals surface area contributed by atoms with Crippen molar-refractivity contribution in [2.45, 2.75) is 32.2 Å². The van der Waals surface area contributed by atoms with E-state index in [9.17, 15) is 4.79 Å². The molecule has 0 spiro atoms. The number of carbonyl (C=O) groups is 1. The largest absolute Gasteiger partial charge is 0.372 e. The predicted octanol–water partition coefficient (Wildman–Crippen LogP) is 3.22. The predicted molar refractivity (Wildman–Crippen MR) is 89.3 cm³/mol. The Morgan fingerprint density at radius 1 is 1.29 bits per heavy atom. The lowest BCUT2D eigenvalue weighted by Crippen LogP contribution is -2.37. The lowest BCUT2D eigenvalue weighted by Gasteiger charge is -2.31. The summed E-state index contributed by atoms with van der Waals surface area (Å²) in [5, 5.41) is 4.00. The number of piperidine rings is 1. The molecule has 4 nitrogen and oxygen atoms in total. The number of nitrogens with one attached hydrogen (secondary N) is 1. The van der Waals surface area contributed by atoms with Gasteiger partial charge in [0.15, 0.2) is 0 Å². The molecule has 1 aromatic rings. The fraction of sp³-hybridized carbons (Fsp3) is 0.562. The molecule has 1 N–H and O–H groups in total. The number of likely N-dealkylation sites (N-methyl/N-ethyl adjacent to an activating group) is 1. The summed E-state index contributed by atoms with van der Waals surface area (Å²) in [6.45, 7) is 4.00. The Labute approximate surface area is 132 Å². The van der Waals surface area contributed by atoms with Crippen LogP contribution >= 0.6 is 11.6 Å². The van der Waals surface area contributed by atoms with Crippen molar-refractivity contribution in [2.75, 3.05) is 37.4 Å².